The number of benzene rings is 3. The average Bonchev–Trinajstić information content (AvgIpc) is 3.16. The van der Waals surface area contributed by atoms with Crippen molar-refractivity contribution in [3.8, 4) is 11.4 Å². The second-order valence-electron chi connectivity index (χ2n) is 13.7. The molecule has 51 heavy (non-hydrogen) atoms. The van der Waals surface area contributed by atoms with E-state index in [0.717, 1.165) is 47.3 Å². The van der Waals surface area contributed by atoms with Crippen LogP contribution in [0.4, 0.5) is 5.69 Å². The van der Waals surface area contributed by atoms with Gasteiger partial charge in [0, 0.05) is 46.9 Å². The smallest absolute Gasteiger partial charge is 0.323 e. The van der Waals surface area contributed by atoms with Gasteiger partial charge in [0.1, 0.15) is 6.54 Å². The van der Waals surface area contributed by atoms with E-state index in [-0.39, 0.29) is 23.0 Å². The third kappa shape index (κ3) is 9.23. The van der Waals surface area contributed by atoms with Crippen molar-refractivity contribution in [1.82, 2.24) is 14.9 Å². The van der Waals surface area contributed by atoms with Crippen LogP contribution in [0.25, 0.3) is 17.0 Å². The van der Waals surface area contributed by atoms with E-state index in [2.05, 4.69) is 28.3 Å². The number of carboxylic acids is 1. The highest BCUT2D eigenvalue weighted by atomic mass is 35.5. The van der Waals surface area contributed by atoms with E-state index < -0.39 is 18.4 Å². The molecular weight excluding hydrogens is 683 g/mol. The minimum absolute atomic E-state index is 0.0935. The van der Waals surface area contributed by atoms with E-state index in [9.17, 15) is 19.5 Å². The summed E-state index contributed by atoms with van der Waals surface area (Å²) in [5, 5.41) is 12.9. The molecule has 0 bridgehead atoms. The van der Waals surface area contributed by atoms with Gasteiger partial charge in [-0.3, -0.25) is 14.4 Å². The molecule has 2 aliphatic carbocycles. The zero-order chi connectivity index (χ0) is 35.9. The first-order chi connectivity index (χ1) is 24.7. The van der Waals surface area contributed by atoms with Crippen molar-refractivity contribution in [2.24, 2.45) is 17.8 Å². The lowest BCUT2D eigenvalue weighted by atomic mass is 9.71. The van der Waals surface area contributed by atoms with Gasteiger partial charge >= 0.3 is 5.97 Å². The van der Waals surface area contributed by atoms with Gasteiger partial charge in [-0.15, -0.1) is 0 Å². The van der Waals surface area contributed by atoms with E-state index in [0.29, 0.717) is 22.1 Å². The lowest BCUT2D eigenvalue weighted by Crippen LogP contribution is -2.35. The standard InChI is InChI=1S/C41H42Cl2N4O4/c1-2-26-3-7-28(8-4-26)29-11-13-30(14-12-29)34-22-44-39(45-23-34)31-9-5-27(6-10-31)24-47(25-38(48)49)41(51)32-15-18-35(19-16-32)46-40(50)33-17-20-36(42)37(43)21-33/h5-6,9-10,13,15-23,26,28-29H,2-4,7-8,11-12,14,24-25H2,1H3,(H,46,50)(H,48,49)/t26-,28-,29?. The molecule has 1 heterocycles. The summed E-state index contributed by atoms with van der Waals surface area (Å²) in [6.45, 7) is 1.94. The van der Waals surface area contributed by atoms with Crippen LogP contribution in [-0.4, -0.2) is 44.3 Å². The number of nitrogens with one attached hydrogen (secondary N) is 1. The van der Waals surface area contributed by atoms with Crippen LogP contribution in [0.5, 0.6) is 0 Å². The van der Waals surface area contributed by atoms with E-state index in [1.807, 2.05) is 36.7 Å². The predicted molar refractivity (Wildman–Crippen MR) is 202 cm³/mol. The molecule has 2 amide bonds. The Morgan fingerprint density at radius 3 is 2.12 bits per heavy atom. The minimum Gasteiger partial charge on any atom is -0.480 e. The zero-order valence-corrected chi connectivity index (χ0v) is 30.2. The van der Waals surface area contributed by atoms with Gasteiger partial charge in [0.15, 0.2) is 5.82 Å². The Morgan fingerprint density at radius 1 is 0.824 bits per heavy atom. The number of anilines is 1. The van der Waals surface area contributed by atoms with Crippen LogP contribution in [0.1, 0.15) is 90.1 Å². The maximum absolute atomic E-state index is 13.4. The van der Waals surface area contributed by atoms with E-state index in [1.165, 1.54) is 61.1 Å². The van der Waals surface area contributed by atoms with Gasteiger partial charge in [-0.25, -0.2) is 9.97 Å². The predicted octanol–water partition coefficient (Wildman–Crippen LogP) is 9.83. The van der Waals surface area contributed by atoms with Crippen molar-refractivity contribution < 1.29 is 19.5 Å². The Hall–Kier alpha value is -4.53. The number of allylic oxidation sites excluding steroid dienone is 2. The maximum atomic E-state index is 13.4. The molecule has 0 radical (unpaired) electrons. The number of hydrogen-bond acceptors (Lipinski definition) is 5. The lowest BCUT2D eigenvalue weighted by molar-refractivity contribution is -0.137. The number of nitrogens with zero attached hydrogens (tertiary/aromatic N) is 3. The van der Waals surface area contributed by atoms with Crippen molar-refractivity contribution in [1.29, 1.82) is 0 Å². The fourth-order valence-electron chi connectivity index (χ4n) is 7.32. The first-order valence-corrected chi connectivity index (χ1v) is 18.4. The number of aromatic nitrogens is 2. The Bertz CT molecular complexity index is 1890. The first kappa shape index (κ1) is 36.3. The van der Waals surface area contributed by atoms with Crippen molar-refractivity contribution >= 4 is 52.2 Å². The van der Waals surface area contributed by atoms with E-state index in [1.54, 1.807) is 30.3 Å². The third-order valence-electron chi connectivity index (χ3n) is 10.4. The normalized spacial score (nSPS) is 18.8. The van der Waals surface area contributed by atoms with Crippen LogP contribution in [0.3, 0.4) is 0 Å². The van der Waals surface area contributed by atoms with E-state index in [4.69, 9.17) is 23.2 Å². The summed E-state index contributed by atoms with van der Waals surface area (Å²) in [4.78, 5) is 48.3. The molecule has 10 heteroatoms. The van der Waals surface area contributed by atoms with Gasteiger partial charge in [0.05, 0.1) is 10.0 Å². The number of halogens is 2. The molecule has 1 saturated carbocycles. The maximum Gasteiger partial charge on any atom is 0.323 e. The molecule has 0 saturated heterocycles. The molecule has 8 nitrogen and oxygen atoms in total. The van der Waals surface area contributed by atoms with Crippen molar-refractivity contribution in [3.63, 3.8) is 0 Å². The van der Waals surface area contributed by atoms with Gasteiger partial charge in [0.2, 0.25) is 0 Å². The minimum atomic E-state index is -1.12. The van der Waals surface area contributed by atoms with E-state index >= 15 is 0 Å². The van der Waals surface area contributed by atoms with Crippen molar-refractivity contribution in [2.75, 3.05) is 11.9 Å². The van der Waals surface area contributed by atoms with Gasteiger partial charge in [-0.05, 0) is 103 Å². The molecule has 2 N–H and O–H groups in total. The highest BCUT2D eigenvalue weighted by molar-refractivity contribution is 6.42. The molecule has 1 aromatic heterocycles. The van der Waals surface area contributed by atoms with Gasteiger partial charge in [-0.2, -0.15) is 0 Å². The first-order valence-electron chi connectivity index (χ1n) is 17.6. The number of aliphatic carboxylic acids is 1. The lowest BCUT2D eigenvalue weighted by Gasteiger charge is -2.35. The summed E-state index contributed by atoms with van der Waals surface area (Å²) in [6.07, 6.45) is 16.6. The number of hydrogen-bond donors (Lipinski definition) is 2. The van der Waals surface area contributed by atoms with Crippen LogP contribution in [0.15, 0.2) is 85.2 Å². The second kappa shape index (κ2) is 16.7. The molecule has 1 fully saturated rings. The third-order valence-corrected chi connectivity index (χ3v) is 11.1. The monoisotopic (exact) mass is 724 g/mol. The number of carbonyl (C=O) groups is 3. The molecule has 264 valence electrons. The van der Waals surface area contributed by atoms with Crippen LogP contribution >= 0.6 is 23.2 Å². The summed E-state index contributed by atoms with van der Waals surface area (Å²) in [5.41, 5.74) is 5.09. The number of carbonyl (C=O) groups excluding carboxylic acids is 2. The number of carboxylic acid groups (broad SMARTS) is 1. The molecular formula is C41H42Cl2N4O4. The SMILES string of the molecule is CC[C@H]1CC[C@H](C2CC=C(c3cnc(-c4ccc(CN(CC(=O)O)C(=O)c5ccc(NC(=O)c6ccc(Cl)c(Cl)c6)cc5)cc4)nc3)CC2)CC1. The quantitative estimate of drug-likeness (QED) is 0.159. The zero-order valence-electron chi connectivity index (χ0n) is 28.7. The molecule has 1 atom stereocenters. The average molecular weight is 726 g/mol. The summed E-state index contributed by atoms with van der Waals surface area (Å²) < 4.78 is 0. The van der Waals surface area contributed by atoms with Crippen LogP contribution in [0, 0.1) is 17.8 Å². The highest BCUT2D eigenvalue weighted by Crippen LogP contribution is 2.41. The molecule has 3 aromatic carbocycles. The molecule has 0 spiro atoms. The summed E-state index contributed by atoms with van der Waals surface area (Å²) in [7, 11) is 0. The Kier molecular flexibility index (Phi) is 11.8. The topological polar surface area (TPSA) is 112 Å². The van der Waals surface area contributed by atoms with Crippen molar-refractivity contribution in [2.45, 2.75) is 64.8 Å². The van der Waals surface area contributed by atoms with Crippen molar-refractivity contribution in [3.05, 3.63) is 117 Å². The van der Waals surface area contributed by atoms with Crippen LogP contribution in [0.2, 0.25) is 10.0 Å². The fourth-order valence-corrected chi connectivity index (χ4v) is 7.62. The summed E-state index contributed by atoms with van der Waals surface area (Å²) in [6, 6.07) is 18.3. The molecule has 4 aromatic rings. The summed E-state index contributed by atoms with van der Waals surface area (Å²) >= 11 is 12.0. The van der Waals surface area contributed by atoms with Crippen LogP contribution < -0.4 is 5.32 Å². The Morgan fingerprint density at radius 2 is 1.51 bits per heavy atom. The Labute approximate surface area is 308 Å². The molecule has 6 rings (SSSR count). The van der Waals surface area contributed by atoms with Gasteiger partial charge in [0.25, 0.3) is 11.8 Å². The largest absolute Gasteiger partial charge is 0.480 e. The second-order valence-corrected chi connectivity index (χ2v) is 14.5. The summed E-state index contributed by atoms with van der Waals surface area (Å²) in [5.74, 6) is 1.25. The fraction of sp³-hybridized carbons (Fsp3) is 0.341. The highest BCUT2D eigenvalue weighted by Gasteiger charge is 2.28. The van der Waals surface area contributed by atoms with Crippen LogP contribution in [-0.2, 0) is 11.3 Å². The Balaban J connectivity index is 1.05. The number of rotatable bonds is 11. The number of amides is 2. The molecule has 1 unspecified atom stereocenters. The molecule has 2 aliphatic rings. The van der Waals surface area contributed by atoms with Gasteiger partial charge in [-0.1, -0.05) is 79.7 Å². The van der Waals surface area contributed by atoms with Gasteiger partial charge < -0.3 is 15.3 Å². The molecule has 0 aliphatic heterocycles.